The van der Waals surface area contributed by atoms with E-state index in [4.69, 9.17) is 0 Å². The second kappa shape index (κ2) is 9.02. The summed E-state index contributed by atoms with van der Waals surface area (Å²) in [5.74, 6) is -0.949. The number of nitrogens with one attached hydrogen (secondary N) is 2. The van der Waals surface area contributed by atoms with E-state index in [0.29, 0.717) is 10.0 Å². The van der Waals surface area contributed by atoms with E-state index in [-0.39, 0.29) is 18.2 Å². The van der Waals surface area contributed by atoms with Crippen molar-refractivity contribution in [2.75, 3.05) is 5.32 Å². The Morgan fingerprint density at radius 1 is 1.10 bits per heavy atom. The molecule has 0 saturated heterocycles. The van der Waals surface area contributed by atoms with Gasteiger partial charge in [0.2, 0.25) is 11.8 Å². The first-order valence-corrected chi connectivity index (χ1v) is 11.0. The molecule has 3 aromatic rings. The Labute approximate surface area is 186 Å². The van der Waals surface area contributed by atoms with Crippen molar-refractivity contribution >= 4 is 45.2 Å². The first kappa shape index (κ1) is 20.6. The maximum atomic E-state index is 14.7. The van der Waals surface area contributed by atoms with Crippen LogP contribution in [0, 0.1) is 5.82 Å². The lowest BCUT2D eigenvalue weighted by atomic mass is 9.98. The number of halogens is 2. The van der Waals surface area contributed by atoms with Gasteiger partial charge in [-0.1, -0.05) is 64.5 Å². The average Bonchev–Trinajstić information content (AvgIpc) is 2.74. The predicted molar refractivity (Wildman–Crippen MR) is 120 cm³/mol. The minimum atomic E-state index is -0.657. The van der Waals surface area contributed by atoms with Crippen molar-refractivity contribution in [3.63, 3.8) is 0 Å². The van der Waals surface area contributed by atoms with Crippen LogP contribution in [0.1, 0.15) is 23.6 Å². The molecule has 1 aliphatic heterocycles. The van der Waals surface area contributed by atoms with Crippen LogP contribution in [0.4, 0.5) is 10.1 Å². The van der Waals surface area contributed by atoms with E-state index in [1.54, 1.807) is 12.1 Å². The van der Waals surface area contributed by atoms with Gasteiger partial charge in [-0.05, 0) is 29.8 Å². The lowest BCUT2D eigenvalue weighted by Crippen LogP contribution is -2.36. The van der Waals surface area contributed by atoms with E-state index in [1.165, 1.54) is 17.8 Å². The summed E-state index contributed by atoms with van der Waals surface area (Å²) in [6.45, 7) is 0. The lowest BCUT2D eigenvalue weighted by Gasteiger charge is -2.25. The second-order valence-electron chi connectivity index (χ2n) is 6.87. The number of para-hydroxylation sites is 1. The number of hydrogen-bond acceptors (Lipinski definition) is 3. The fraction of sp³-hybridized carbons (Fsp3) is 0.130. The van der Waals surface area contributed by atoms with E-state index in [1.807, 2.05) is 54.6 Å². The number of carbonyl (C=O) groups is 2. The highest BCUT2D eigenvalue weighted by Gasteiger charge is 2.30. The van der Waals surface area contributed by atoms with Crippen LogP contribution in [0.2, 0.25) is 0 Å². The monoisotopic (exact) mass is 484 g/mol. The van der Waals surface area contributed by atoms with Gasteiger partial charge < -0.3 is 10.6 Å². The summed E-state index contributed by atoms with van der Waals surface area (Å²) in [4.78, 5) is 26.2. The third kappa shape index (κ3) is 4.57. The molecule has 152 valence electrons. The van der Waals surface area contributed by atoms with Crippen molar-refractivity contribution in [1.29, 1.82) is 0 Å². The largest absolute Gasteiger partial charge is 0.345 e. The number of benzene rings is 3. The number of hydrogen-bond donors (Lipinski definition) is 2. The molecular formula is C23H18BrFN2O2S. The smallest absolute Gasteiger partial charge is 0.238 e. The van der Waals surface area contributed by atoms with Gasteiger partial charge in [0.05, 0.1) is 17.0 Å². The quantitative estimate of drug-likeness (QED) is 0.516. The van der Waals surface area contributed by atoms with Crippen molar-refractivity contribution < 1.29 is 14.0 Å². The highest BCUT2D eigenvalue weighted by molar-refractivity contribution is 9.10. The molecule has 1 heterocycles. The molecule has 4 rings (SSSR count). The lowest BCUT2D eigenvalue weighted by molar-refractivity contribution is -0.124. The molecule has 2 unspecified atom stereocenters. The van der Waals surface area contributed by atoms with Crippen LogP contribution in [0.15, 0.2) is 82.2 Å². The molecule has 0 aliphatic carbocycles. The predicted octanol–water partition coefficient (Wildman–Crippen LogP) is 5.30. The number of carbonyl (C=O) groups excluding carboxylic acids is 2. The van der Waals surface area contributed by atoms with Gasteiger partial charge in [0.25, 0.3) is 0 Å². The van der Waals surface area contributed by atoms with Crippen LogP contribution in [0.3, 0.4) is 0 Å². The zero-order valence-electron chi connectivity index (χ0n) is 15.8. The molecule has 7 heteroatoms. The van der Waals surface area contributed by atoms with E-state index >= 15 is 0 Å². The summed E-state index contributed by atoms with van der Waals surface area (Å²) < 4.78 is 15.3. The number of thioether (sulfide) groups is 1. The summed E-state index contributed by atoms with van der Waals surface area (Å²) in [6, 6.07) is 20.8. The van der Waals surface area contributed by atoms with Gasteiger partial charge in [0, 0.05) is 21.4 Å². The third-order valence-electron chi connectivity index (χ3n) is 4.79. The first-order valence-electron chi connectivity index (χ1n) is 9.37. The molecule has 0 saturated carbocycles. The highest BCUT2D eigenvalue weighted by atomic mass is 79.9. The van der Waals surface area contributed by atoms with Gasteiger partial charge in [0.1, 0.15) is 5.82 Å². The Hall–Kier alpha value is -2.64. The Kier molecular flexibility index (Phi) is 6.20. The molecule has 0 bridgehead atoms. The topological polar surface area (TPSA) is 58.2 Å². The van der Waals surface area contributed by atoms with E-state index in [9.17, 15) is 14.0 Å². The van der Waals surface area contributed by atoms with Crippen LogP contribution in [-0.4, -0.2) is 17.1 Å². The minimum absolute atomic E-state index is 0.00762. The second-order valence-corrected chi connectivity index (χ2v) is 9.03. The van der Waals surface area contributed by atoms with Crippen molar-refractivity contribution in [2.24, 2.45) is 0 Å². The minimum Gasteiger partial charge on any atom is -0.345 e. The molecule has 0 radical (unpaired) electrons. The number of rotatable bonds is 5. The fourth-order valence-corrected chi connectivity index (χ4v) is 4.78. The van der Waals surface area contributed by atoms with Crippen LogP contribution in [-0.2, 0) is 9.59 Å². The summed E-state index contributed by atoms with van der Waals surface area (Å²) in [5, 5.41) is 5.21. The molecule has 2 atom stereocenters. The van der Waals surface area contributed by atoms with Crippen LogP contribution in [0.5, 0.6) is 0 Å². The molecule has 4 nitrogen and oxygen atoms in total. The van der Waals surface area contributed by atoms with Gasteiger partial charge >= 0.3 is 0 Å². The molecule has 30 heavy (non-hydrogen) atoms. The Balaban J connectivity index is 1.55. The standard InChI is InChI=1S/C23H18BrFN2O2S/c24-15-10-11-16(17(25)12-15)22(14-6-2-1-3-7-14)27-21(28)13-20-23(29)26-18-8-4-5-9-19(18)30-20/h1-12,20,22H,13H2,(H,26,29)(H,27,28). The van der Waals surface area contributed by atoms with Crippen LogP contribution in [0.25, 0.3) is 0 Å². The van der Waals surface area contributed by atoms with Gasteiger partial charge in [-0.2, -0.15) is 0 Å². The maximum Gasteiger partial charge on any atom is 0.238 e. The van der Waals surface area contributed by atoms with Gasteiger partial charge in [-0.3, -0.25) is 9.59 Å². The number of anilines is 1. The molecule has 2 amide bonds. The number of fused-ring (bicyclic) bond motifs is 1. The molecule has 0 spiro atoms. The fourth-order valence-electron chi connectivity index (χ4n) is 3.34. The summed E-state index contributed by atoms with van der Waals surface area (Å²) in [7, 11) is 0. The summed E-state index contributed by atoms with van der Waals surface area (Å²) in [6.07, 6.45) is -0.00762. The Morgan fingerprint density at radius 3 is 2.60 bits per heavy atom. The molecule has 1 aliphatic rings. The normalized spacial score (nSPS) is 16.3. The van der Waals surface area contributed by atoms with Crippen molar-refractivity contribution in [1.82, 2.24) is 5.32 Å². The van der Waals surface area contributed by atoms with Crippen molar-refractivity contribution in [3.8, 4) is 0 Å². The Bertz CT molecular complexity index is 1090. The zero-order chi connectivity index (χ0) is 21.1. The SMILES string of the molecule is O=C(CC1Sc2ccccc2NC1=O)NC(c1ccccc1)c1ccc(Br)cc1F. The van der Waals surface area contributed by atoms with Crippen molar-refractivity contribution in [2.45, 2.75) is 22.6 Å². The van der Waals surface area contributed by atoms with E-state index < -0.39 is 17.1 Å². The van der Waals surface area contributed by atoms with Crippen LogP contribution < -0.4 is 10.6 Å². The Morgan fingerprint density at radius 2 is 1.83 bits per heavy atom. The molecular weight excluding hydrogens is 467 g/mol. The van der Waals surface area contributed by atoms with Gasteiger partial charge in [-0.15, -0.1) is 11.8 Å². The van der Waals surface area contributed by atoms with Crippen LogP contribution >= 0.6 is 27.7 Å². The summed E-state index contributed by atoms with van der Waals surface area (Å²) >= 11 is 4.63. The highest BCUT2D eigenvalue weighted by Crippen LogP contribution is 2.37. The van der Waals surface area contributed by atoms with E-state index in [0.717, 1.165) is 16.1 Å². The van der Waals surface area contributed by atoms with Gasteiger partial charge in [-0.25, -0.2) is 4.39 Å². The number of amides is 2. The zero-order valence-corrected chi connectivity index (χ0v) is 18.2. The maximum absolute atomic E-state index is 14.7. The van der Waals surface area contributed by atoms with Crippen molar-refractivity contribution in [3.05, 3.63) is 94.2 Å². The van der Waals surface area contributed by atoms with Gasteiger partial charge in [0.15, 0.2) is 0 Å². The third-order valence-corrected chi connectivity index (χ3v) is 6.56. The average molecular weight is 485 g/mol. The molecule has 2 N–H and O–H groups in total. The first-order chi connectivity index (χ1) is 14.5. The molecule has 3 aromatic carbocycles. The molecule has 0 fully saturated rings. The summed E-state index contributed by atoms with van der Waals surface area (Å²) in [5.41, 5.74) is 1.88. The molecule has 0 aromatic heterocycles. The van der Waals surface area contributed by atoms with E-state index in [2.05, 4.69) is 26.6 Å².